The van der Waals surface area contributed by atoms with E-state index in [-0.39, 0.29) is 17.1 Å². The lowest BCUT2D eigenvalue weighted by molar-refractivity contribution is -0.137. The molecule has 3 aromatic rings. The molecule has 4 heterocycles. The number of halogens is 3. The Bertz CT molecular complexity index is 1300. The van der Waals surface area contributed by atoms with Gasteiger partial charge in [-0.2, -0.15) is 18.4 Å². The maximum atomic E-state index is 13.1. The molecule has 4 rings (SSSR count). The van der Waals surface area contributed by atoms with Crippen LogP contribution in [0.5, 0.6) is 5.88 Å². The third kappa shape index (κ3) is 4.68. The number of aromatic nitrogens is 3. The molecule has 0 amide bonds. The number of anilines is 1. The van der Waals surface area contributed by atoms with E-state index < -0.39 is 23.9 Å². The Balaban J connectivity index is 1.63. The number of nitrogens with zero attached hydrogens (tertiary/aromatic N) is 5. The van der Waals surface area contributed by atoms with E-state index in [4.69, 9.17) is 9.47 Å². The van der Waals surface area contributed by atoms with Crippen LogP contribution < -0.4 is 15.2 Å². The van der Waals surface area contributed by atoms with Crippen molar-refractivity contribution in [1.29, 1.82) is 5.26 Å². The number of hydrogen-bond donors (Lipinski definition) is 0. The summed E-state index contributed by atoms with van der Waals surface area (Å²) in [5, 5.41) is 9.27. The molecule has 0 N–H and O–H groups in total. The number of alkyl halides is 3. The van der Waals surface area contributed by atoms with E-state index in [1.165, 1.54) is 10.6 Å². The molecule has 0 unspecified atom stereocenters. The van der Waals surface area contributed by atoms with Crippen LogP contribution >= 0.6 is 0 Å². The third-order valence-corrected chi connectivity index (χ3v) is 5.74. The fraction of sp³-hybridized carbons (Fsp3) is 0.391. The zero-order valence-electron chi connectivity index (χ0n) is 18.5. The van der Waals surface area contributed by atoms with E-state index in [0.29, 0.717) is 42.8 Å². The summed E-state index contributed by atoms with van der Waals surface area (Å²) in [6.45, 7) is 2.93. The van der Waals surface area contributed by atoms with Gasteiger partial charge < -0.3 is 18.9 Å². The van der Waals surface area contributed by atoms with Crippen LogP contribution in [0.2, 0.25) is 0 Å². The predicted octanol–water partition coefficient (Wildman–Crippen LogP) is 3.28. The highest BCUT2D eigenvalue weighted by Gasteiger charge is 2.35. The molecular weight excluding hydrogens is 451 g/mol. The lowest BCUT2D eigenvalue weighted by Gasteiger charge is -2.39. The number of fused-ring (bicyclic) bond motifs is 1. The molecule has 1 aliphatic rings. The Kier molecular flexibility index (Phi) is 6.43. The number of nitriles is 1. The third-order valence-electron chi connectivity index (χ3n) is 5.74. The van der Waals surface area contributed by atoms with Gasteiger partial charge in [0.2, 0.25) is 5.88 Å². The van der Waals surface area contributed by atoms with E-state index in [1.54, 1.807) is 19.2 Å². The van der Waals surface area contributed by atoms with Crippen molar-refractivity contribution in [1.82, 2.24) is 14.5 Å². The first kappa shape index (κ1) is 23.5. The number of aryl methyl sites for hydroxylation is 1. The van der Waals surface area contributed by atoms with Crippen LogP contribution in [-0.4, -0.2) is 46.4 Å². The summed E-state index contributed by atoms with van der Waals surface area (Å²) in [5.41, 5.74) is 0.817. The minimum Gasteiger partial charge on any atom is -0.471 e. The second-order valence-corrected chi connectivity index (χ2v) is 7.87. The van der Waals surface area contributed by atoms with Gasteiger partial charge in [0.15, 0.2) is 0 Å². The number of rotatable bonds is 5. The molecular formula is C23H22F3N5O3. The zero-order chi connectivity index (χ0) is 24.5. The number of piperidine rings is 1. The van der Waals surface area contributed by atoms with Crippen molar-refractivity contribution in [2.75, 3.05) is 24.6 Å². The van der Waals surface area contributed by atoms with Crippen LogP contribution in [0, 0.1) is 11.3 Å². The lowest BCUT2D eigenvalue weighted by atomic mass is 10.0. The molecule has 0 aromatic carbocycles. The molecule has 0 saturated carbocycles. The summed E-state index contributed by atoms with van der Waals surface area (Å²) in [5.74, 6) is -0.127. The topological polar surface area (TPSA) is 93.3 Å². The highest BCUT2D eigenvalue weighted by Crippen LogP contribution is 2.32. The minimum atomic E-state index is -4.50. The molecule has 3 aromatic heterocycles. The fourth-order valence-corrected chi connectivity index (χ4v) is 4.04. The van der Waals surface area contributed by atoms with Crippen LogP contribution in [-0.2, 0) is 18.0 Å². The standard InChI is InChI=1S/C23H22F3N5O3/c1-3-33-19-13-31(9-7-18(19)34-20-10-14(6-8-28-20)23(24,25)26)17-11-21(32)30(2)16-5-4-15(12-27)29-22(16)17/h4-6,8,10-11,18-19H,3,7,9,13H2,1-2H3/t18-,19-/m0/s1. The van der Waals surface area contributed by atoms with Gasteiger partial charge in [0.1, 0.15) is 29.5 Å². The molecule has 0 bridgehead atoms. The van der Waals surface area contributed by atoms with Gasteiger partial charge in [-0.05, 0) is 25.1 Å². The maximum absolute atomic E-state index is 13.1. The van der Waals surface area contributed by atoms with Crippen molar-refractivity contribution in [3.63, 3.8) is 0 Å². The van der Waals surface area contributed by atoms with E-state index in [0.717, 1.165) is 18.3 Å². The summed E-state index contributed by atoms with van der Waals surface area (Å²) >= 11 is 0. The summed E-state index contributed by atoms with van der Waals surface area (Å²) in [4.78, 5) is 22.8. The number of hydrogen-bond acceptors (Lipinski definition) is 7. The smallest absolute Gasteiger partial charge is 0.416 e. The number of ether oxygens (including phenoxy) is 2. The predicted molar refractivity (Wildman–Crippen MR) is 118 cm³/mol. The van der Waals surface area contributed by atoms with Gasteiger partial charge in [-0.1, -0.05) is 0 Å². The van der Waals surface area contributed by atoms with Gasteiger partial charge in [-0.15, -0.1) is 0 Å². The van der Waals surface area contributed by atoms with E-state index in [2.05, 4.69) is 9.97 Å². The highest BCUT2D eigenvalue weighted by molar-refractivity contribution is 5.88. The number of pyridine rings is 3. The van der Waals surface area contributed by atoms with Crippen molar-refractivity contribution in [3.8, 4) is 11.9 Å². The van der Waals surface area contributed by atoms with Gasteiger partial charge in [0.25, 0.3) is 5.56 Å². The van der Waals surface area contributed by atoms with Gasteiger partial charge >= 0.3 is 6.18 Å². The molecule has 0 spiro atoms. The molecule has 0 radical (unpaired) electrons. The highest BCUT2D eigenvalue weighted by atomic mass is 19.4. The molecule has 0 aliphatic carbocycles. The molecule has 178 valence electrons. The largest absolute Gasteiger partial charge is 0.471 e. The molecule has 34 heavy (non-hydrogen) atoms. The minimum absolute atomic E-state index is 0.127. The average molecular weight is 473 g/mol. The first-order chi connectivity index (χ1) is 16.2. The Morgan fingerprint density at radius 3 is 2.74 bits per heavy atom. The second-order valence-electron chi connectivity index (χ2n) is 7.87. The van der Waals surface area contributed by atoms with Crippen molar-refractivity contribution >= 4 is 16.7 Å². The van der Waals surface area contributed by atoms with E-state index in [9.17, 15) is 23.2 Å². The molecule has 11 heteroatoms. The monoisotopic (exact) mass is 473 g/mol. The van der Waals surface area contributed by atoms with Gasteiger partial charge in [-0.3, -0.25) is 4.79 Å². The van der Waals surface area contributed by atoms with Gasteiger partial charge in [0, 0.05) is 51.5 Å². The van der Waals surface area contributed by atoms with Crippen molar-refractivity contribution in [2.24, 2.45) is 7.05 Å². The Morgan fingerprint density at radius 1 is 1.24 bits per heavy atom. The normalized spacial score (nSPS) is 18.6. The maximum Gasteiger partial charge on any atom is 0.416 e. The molecule has 1 saturated heterocycles. The van der Waals surface area contributed by atoms with Gasteiger partial charge in [0.05, 0.1) is 16.8 Å². The average Bonchev–Trinajstić information content (AvgIpc) is 2.82. The van der Waals surface area contributed by atoms with Crippen molar-refractivity contribution < 1.29 is 22.6 Å². The van der Waals surface area contributed by atoms with Gasteiger partial charge in [-0.25, -0.2) is 9.97 Å². The lowest BCUT2D eigenvalue weighted by Crippen LogP contribution is -2.51. The summed E-state index contributed by atoms with van der Waals surface area (Å²) < 4.78 is 52.3. The first-order valence-corrected chi connectivity index (χ1v) is 10.7. The first-order valence-electron chi connectivity index (χ1n) is 10.7. The van der Waals surface area contributed by atoms with Crippen LogP contribution in [0.4, 0.5) is 18.9 Å². The fourth-order valence-electron chi connectivity index (χ4n) is 4.04. The Morgan fingerprint density at radius 2 is 2.03 bits per heavy atom. The molecule has 1 aliphatic heterocycles. The second kappa shape index (κ2) is 9.30. The zero-order valence-corrected chi connectivity index (χ0v) is 18.5. The SMILES string of the molecule is CCO[C@H]1CN(c2cc(=O)n(C)c3ccc(C#N)nc23)CC[C@@H]1Oc1cc(C(F)(F)F)ccn1. The molecule has 8 nitrogen and oxygen atoms in total. The van der Waals surface area contributed by atoms with Crippen molar-refractivity contribution in [2.45, 2.75) is 31.7 Å². The molecule has 2 atom stereocenters. The van der Waals surface area contributed by atoms with Crippen LogP contribution in [0.3, 0.4) is 0 Å². The van der Waals surface area contributed by atoms with Crippen molar-refractivity contribution in [3.05, 3.63) is 58.1 Å². The Labute approximate surface area is 193 Å². The Hall–Kier alpha value is -3.65. The van der Waals surface area contributed by atoms with Crippen LogP contribution in [0.15, 0.2) is 41.3 Å². The van der Waals surface area contributed by atoms with E-state index >= 15 is 0 Å². The van der Waals surface area contributed by atoms with Crippen LogP contribution in [0.25, 0.3) is 11.0 Å². The molecule has 1 fully saturated rings. The van der Waals surface area contributed by atoms with Crippen LogP contribution in [0.1, 0.15) is 24.6 Å². The summed E-state index contributed by atoms with van der Waals surface area (Å²) in [6.07, 6.45) is -4.05. The summed E-state index contributed by atoms with van der Waals surface area (Å²) in [6, 6.07) is 8.47. The van der Waals surface area contributed by atoms with E-state index in [1.807, 2.05) is 17.9 Å². The summed E-state index contributed by atoms with van der Waals surface area (Å²) in [7, 11) is 1.63. The quantitative estimate of drug-likeness (QED) is 0.561.